The second-order valence-corrected chi connectivity index (χ2v) is 6.16. The maximum absolute atomic E-state index is 11.7. The quantitative estimate of drug-likeness (QED) is 0.837. The molecule has 1 saturated heterocycles. The number of ether oxygens (including phenoxy) is 1. The molecule has 1 aliphatic heterocycles. The number of nitrogens with zero attached hydrogens (tertiary/aromatic N) is 3. The van der Waals surface area contributed by atoms with Crippen molar-refractivity contribution < 1.29 is 9.53 Å². The molecule has 1 N–H and O–H groups in total. The number of rotatable bonds is 5. The second-order valence-electron chi connectivity index (χ2n) is 6.16. The van der Waals surface area contributed by atoms with Gasteiger partial charge in [0.2, 0.25) is 5.95 Å². The zero-order valence-electron chi connectivity index (χ0n) is 14.8. The molecule has 0 spiro atoms. The van der Waals surface area contributed by atoms with Gasteiger partial charge in [0.1, 0.15) is 5.82 Å². The molecule has 2 aromatic rings. The number of nitrogens with one attached hydrogen (secondary N) is 1. The Labute approximate surface area is 148 Å². The number of carbonyl (C=O) groups is 1. The lowest BCUT2D eigenvalue weighted by Crippen LogP contribution is -2.30. The average molecular weight is 340 g/mol. The molecule has 6 heteroatoms. The third-order valence-corrected chi connectivity index (χ3v) is 4.17. The summed E-state index contributed by atoms with van der Waals surface area (Å²) in [5.41, 5.74) is 2.30. The number of piperidine rings is 1. The summed E-state index contributed by atoms with van der Waals surface area (Å²) in [6.45, 7) is 6.23. The van der Waals surface area contributed by atoms with Crippen LogP contribution in [0.4, 0.5) is 17.5 Å². The Morgan fingerprint density at radius 2 is 1.88 bits per heavy atom. The second kappa shape index (κ2) is 7.96. The van der Waals surface area contributed by atoms with Gasteiger partial charge in [-0.2, -0.15) is 4.98 Å². The van der Waals surface area contributed by atoms with Gasteiger partial charge >= 0.3 is 5.97 Å². The number of anilines is 3. The van der Waals surface area contributed by atoms with E-state index in [2.05, 4.69) is 20.2 Å². The van der Waals surface area contributed by atoms with Crippen LogP contribution in [0.2, 0.25) is 0 Å². The standard InChI is InChI=1S/C19H24N4O2/c1-3-25-18(24)15-7-9-16(10-8-15)21-19-20-14(2)13-17(22-19)23-11-5-4-6-12-23/h7-10,13H,3-6,11-12H2,1-2H3,(H,20,21,22). The fourth-order valence-corrected chi connectivity index (χ4v) is 2.93. The minimum atomic E-state index is -0.312. The maximum atomic E-state index is 11.7. The van der Waals surface area contributed by atoms with Crippen molar-refractivity contribution in [3.05, 3.63) is 41.6 Å². The van der Waals surface area contributed by atoms with Crippen LogP contribution in [0.3, 0.4) is 0 Å². The summed E-state index contributed by atoms with van der Waals surface area (Å²) in [7, 11) is 0. The van der Waals surface area contributed by atoms with E-state index in [0.29, 0.717) is 18.1 Å². The summed E-state index contributed by atoms with van der Waals surface area (Å²) < 4.78 is 5.00. The minimum absolute atomic E-state index is 0.312. The van der Waals surface area contributed by atoms with Crippen molar-refractivity contribution in [2.45, 2.75) is 33.1 Å². The van der Waals surface area contributed by atoms with Crippen molar-refractivity contribution in [3.8, 4) is 0 Å². The number of aryl methyl sites for hydroxylation is 1. The van der Waals surface area contributed by atoms with Crippen molar-refractivity contribution in [1.82, 2.24) is 9.97 Å². The summed E-state index contributed by atoms with van der Waals surface area (Å²) in [4.78, 5) is 23.1. The van der Waals surface area contributed by atoms with Gasteiger partial charge in [-0.3, -0.25) is 0 Å². The van der Waals surface area contributed by atoms with Crippen LogP contribution < -0.4 is 10.2 Å². The van der Waals surface area contributed by atoms with Crippen LogP contribution in [0.25, 0.3) is 0 Å². The lowest BCUT2D eigenvalue weighted by atomic mass is 10.1. The lowest BCUT2D eigenvalue weighted by Gasteiger charge is -2.28. The largest absolute Gasteiger partial charge is 0.462 e. The highest BCUT2D eigenvalue weighted by Gasteiger charge is 2.14. The smallest absolute Gasteiger partial charge is 0.338 e. The molecule has 0 aliphatic carbocycles. The summed E-state index contributed by atoms with van der Waals surface area (Å²) in [5.74, 6) is 1.23. The van der Waals surface area contributed by atoms with Gasteiger partial charge in [-0.25, -0.2) is 9.78 Å². The Bertz CT molecular complexity index is 725. The summed E-state index contributed by atoms with van der Waals surface area (Å²) in [6, 6.07) is 9.17. The van der Waals surface area contributed by atoms with Crippen LogP contribution in [0.15, 0.2) is 30.3 Å². The monoisotopic (exact) mass is 340 g/mol. The van der Waals surface area contributed by atoms with E-state index < -0.39 is 0 Å². The molecule has 1 aromatic carbocycles. The molecule has 3 rings (SSSR count). The first-order chi connectivity index (χ1) is 12.2. The van der Waals surface area contributed by atoms with E-state index in [-0.39, 0.29) is 5.97 Å². The molecule has 0 unspecified atom stereocenters. The summed E-state index contributed by atoms with van der Waals surface area (Å²) >= 11 is 0. The summed E-state index contributed by atoms with van der Waals surface area (Å²) in [5, 5.41) is 3.22. The normalized spacial score (nSPS) is 14.2. The molecular weight excluding hydrogens is 316 g/mol. The van der Waals surface area contributed by atoms with Crippen molar-refractivity contribution in [2.75, 3.05) is 29.9 Å². The first-order valence-electron chi connectivity index (χ1n) is 8.80. The predicted molar refractivity (Wildman–Crippen MR) is 98.5 cm³/mol. The molecule has 132 valence electrons. The number of hydrogen-bond donors (Lipinski definition) is 1. The molecule has 1 aromatic heterocycles. The van der Waals surface area contributed by atoms with Crippen LogP contribution in [-0.4, -0.2) is 35.6 Å². The Balaban J connectivity index is 1.73. The molecule has 0 atom stereocenters. The molecule has 25 heavy (non-hydrogen) atoms. The predicted octanol–water partition coefficient (Wildman–Crippen LogP) is 3.70. The Morgan fingerprint density at radius 1 is 1.16 bits per heavy atom. The van der Waals surface area contributed by atoms with E-state index in [1.54, 1.807) is 19.1 Å². The Kier molecular flexibility index (Phi) is 5.48. The fourth-order valence-electron chi connectivity index (χ4n) is 2.93. The van der Waals surface area contributed by atoms with Crippen LogP contribution in [-0.2, 0) is 4.74 Å². The zero-order chi connectivity index (χ0) is 17.6. The number of benzene rings is 1. The fraction of sp³-hybridized carbons (Fsp3) is 0.421. The SMILES string of the molecule is CCOC(=O)c1ccc(Nc2nc(C)cc(N3CCCCC3)n2)cc1. The van der Waals surface area contributed by atoms with Crippen molar-refractivity contribution >= 4 is 23.4 Å². The van der Waals surface area contributed by atoms with Crippen molar-refractivity contribution in [1.29, 1.82) is 0 Å². The van der Waals surface area contributed by atoms with Crippen LogP contribution >= 0.6 is 0 Å². The highest BCUT2D eigenvalue weighted by atomic mass is 16.5. The first kappa shape index (κ1) is 17.2. The van der Waals surface area contributed by atoms with Gasteiger partial charge in [-0.15, -0.1) is 0 Å². The number of carbonyl (C=O) groups excluding carboxylic acids is 1. The van der Waals surface area contributed by atoms with Gasteiger partial charge in [0.05, 0.1) is 12.2 Å². The molecule has 0 bridgehead atoms. The van der Waals surface area contributed by atoms with Gasteiger partial charge < -0.3 is 15.0 Å². The number of esters is 1. The van der Waals surface area contributed by atoms with Gasteiger partial charge in [0, 0.05) is 30.5 Å². The topological polar surface area (TPSA) is 67.3 Å². The third kappa shape index (κ3) is 4.47. The zero-order valence-corrected chi connectivity index (χ0v) is 14.8. The number of hydrogen-bond acceptors (Lipinski definition) is 6. The lowest BCUT2D eigenvalue weighted by molar-refractivity contribution is 0.0526. The molecule has 0 amide bonds. The van der Waals surface area contributed by atoms with E-state index in [4.69, 9.17) is 4.74 Å². The van der Waals surface area contributed by atoms with Gasteiger partial charge in [0.15, 0.2) is 0 Å². The van der Waals surface area contributed by atoms with Gasteiger partial charge in [-0.05, 0) is 57.4 Å². The number of aromatic nitrogens is 2. The average Bonchev–Trinajstić information content (AvgIpc) is 2.63. The third-order valence-electron chi connectivity index (χ3n) is 4.17. The van der Waals surface area contributed by atoms with Gasteiger partial charge in [0.25, 0.3) is 0 Å². The van der Waals surface area contributed by atoms with E-state index >= 15 is 0 Å². The molecule has 0 radical (unpaired) electrons. The highest BCUT2D eigenvalue weighted by molar-refractivity contribution is 5.89. The Morgan fingerprint density at radius 3 is 2.56 bits per heavy atom. The molecular formula is C19H24N4O2. The molecule has 1 aliphatic rings. The molecule has 1 fully saturated rings. The molecule has 6 nitrogen and oxygen atoms in total. The van der Waals surface area contributed by atoms with Crippen molar-refractivity contribution in [2.24, 2.45) is 0 Å². The molecule has 0 saturated carbocycles. The van der Waals surface area contributed by atoms with E-state index in [9.17, 15) is 4.79 Å². The van der Waals surface area contributed by atoms with Crippen molar-refractivity contribution in [3.63, 3.8) is 0 Å². The highest BCUT2D eigenvalue weighted by Crippen LogP contribution is 2.21. The van der Waals surface area contributed by atoms with Crippen LogP contribution in [0.1, 0.15) is 42.2 Å². The van der Waals surface area contributed by atoms with E-state index in [0.717, 1.165) is 30.3 Å². The van der Waals surface area contributed by atoms with Crippen LogP contribution in [0, 0.1) is 6.92 Å². The maximum Gasteiger partial charge on any atom is 0.338 e. The van der Waals surface area contributed by atoms with Gasteiger partial charge in [-0.1, -0.05) is 0 Å². The minimum Gasteiger partial charge on any atom is -0.462 e. The summed E-state index contributed by atoms with van der Waals surface area (Å²) in [6.07, 6.45) is 3.71. The molecule has 2 heterocycles. The first-order valence-corrected chi connectivity index (χ1v) is 8.80. The van der Waals surface area contributed by atoms with E-state index in [1.807, 2.05) is 25.1 Å². The van der Waals surface area contributed by atoms with Crippen LogP contribution in [0.5, 0.6) is 0 Å². The Hall–Kier alpha value is -2.63. The van der Waals surface area contributed by atoms with E-state index in [1.165, 1.54) is 19.3 Å².